The van der Waals surface area contributed by atoms with Gasteiger partial charge in [0.15, 0.2) is 0 Å². The zero-order valence-corrected chi connectivity index (χ0v) is 31.9. The molecule has 292 valence electrons. The van der Waals surface area contributed by atoms with Crippen LogP contribution in [-0.4, -0.2) is 80.5 Å². The number of hydrogen-bond acceptors (Lipinski definition) is 8. The van der Waals surface area contributed by atoms with Gasteiger partial charge >= 0.3 is 0 Å². The van der Waals surface area contributed by atoms with Gasteiger partial charge in [-0.05, 0) is 94.8 Å². The van der Waals surface area contributed by atoms with E-state index in [1.54, 1.807) is 38.1 Å². The Balaban J connectivity index is 0.991. The number of likely N-dealkylation sites (N-methyl/N-ethyl adjacent to an activating group) is 1. The number of anilines is 2. The first-order chi connectivity index (χ1) is 26.9. The molecule has 1 aliphatic heterocycles. The summed E-state index contributed by atoms with van der Waals surface area (Å²) in [6.07, 6.45) is 9.61. The Hall–Kier alpha value is -5.65. The van der Waals surface area contributed by atoms with E-state index in [1.807, 2.05) is 27.9 Å². The number of amides is 2. The van der Waals surface area contributed by atoms with E-state index in [4.69, 9.17) is 5.10 Å². The molecule has 1 atom stereocenters. The molecule has 2 aliphatic rings. The van der Waals surface area contributed by atoms with Crippen LogP contribution >= 0.6 is 0 Å². The number of benzene rings is 2. The molecule has 3 N–H and O–H groups in total. The lowest BCUT2D eigenvalue weighted by Crippen LogP contribution is -2.51. The summed E-state index contributed by atoms with van der Waals surface area (Å²) in [5.41, 5.74) is 2.06. The highest BCUT2D eigenvalue weighted by atomic mass is 19.1. The van der Waals surface area contributed by atoms with E-state index in [1.165, 1.54) is 29.9 Å². The third-order valence-corrected chi connectivity index (χ3v) is 11.3. The molecule has 2 amide bonds. The number of halogens is 2. The molecule has 0 radical (unpaired) electrons. The van der Waals surface area contributed by atoms with Crippen molar-refractivity contribution in [1.29, 1.82) is 5.26 Å². The molecular formula is C42H47F2N9O3. The number of allylic oxidation sites excluding steroid dienone is 1. The fraction of sp³-hybridized carbons (Fsp3) is 0.405. The molecular weight excluding hydrogens is 717 g/mol. The largest absolute Gasteiger partial charge is 0.386 e. The van der Waals surface area contributed by atoms with Crippen molar-refractivity contribution in [2.45, 2.75) is 76.0 Å². The number of nitriles is 1. The molecule has 0 unspecified atom stereocenters. The third kappa shape index (κ3) is 7.74. The van der Waals surface area contributed by atoms with Crippen molar-refractivity contribution in [2.24, 2.45) is 0 Å². The summed E-state index contributed by atoms with van der Waals surface area (Å²) in [5.74, 6) is -3.16. The minimum absolute atomic E-state index is 0.189. The van der Waals surface area contributed by atoms with Crippen molar-refractivity contribution < 1.29 is 23.5 Å². The number of piperazine rings is 1. The first-order valence-electron chi connectivity index (χ1n) is 19.1. The standard InChI is InChI=1S/C42H47F2N9O3/c1-5-6-7-32(40(54)46-4)39-34(43)20-31(21-35(39)44)51-16-14-50(15-17-51)28-8-10-29(11-9-28)52-25-27-19-37(33(42(2,3)56)22-36(27)49-52)48-41(55)38-13-12-30-18-26(23-45)24-47-53(30)38/h5,12-13,18-22,24-25,28-29,32,56H,1,6-11,14-17H2,2-4H3,(H,46,54)(H,48,55)/t28?,29?,32-/m1/s1. The Labute approximate surface area is 324 Å². The highest BCUT2D eigenvalue weighted by Gasteiger charge is 2.32. The zero-order chi connectivity index (χ0) is 39.7. The number of carbonyl (C=O) groups excluding carboxylic acids is 2. The van der Waals surface area contributed by atoms with Gasteiger partial charge in [-0.1, -0.05) is 6.08 Å². The number of nitrogens with zero attached hydrogens (tertiary/aromatic N) is 7. The monoisotopic (exact) mass is 763 g/mol. The molecule has 0 spiro atoms. The maximum Gasteiger partial charge on any atom is 0.274 e. The summed E-state index contributed by atoms with van der Waals surface area (Å²) in [4.78, 5) is 30.4. The van der Waals surface area contributed by atoms with E-state index < -0.39 is 35.0 Å². The minimum Gasteiger partial charge on any atom is -0.386 e. The number of fused-ring (bicyclic) bond motifs is 2. The quantitative estimate of drug-likeness (QED) is 0.131. The van der Waals surface area contributed by atoms with Crippen LogP contribution in [0.2, 0.25) is 0 Å². The Morgan fingerprint density at radius 1 is 1.05 bits per heavy atom. The van der Waals surface area contributed by atoms with Gasteiger partial charge in [0.05, 0.1) is 40.4 Å². The molecule has 7 rings (SSSR count). The Bertz CT molecular complexity index is 2300. The highest BCUT2D eigenvalue weighted by Crippen LogP contribution is 2.37. The van der Waals surface area contributed by atoms with Crippen LogP contribution in [0.3, 0.4) is 0 Å². The summed E-state index contributed by atoms with van der Waals surface area (Å²) in [6.45, 7) is 9.84. The molecule has 12 nitrogen and oxygen atoms in total. The zero-order valence-electron chi connectivity index (χ0n) is 31.9. The van der Waals surface area contributed by atoms with Crippen LogP contribution in [0.25, 0.3) is 16.4 Å². The third-order valence-electron chi connectivity index (χ3n) is 11.3. The van der Waals surface area contributed by atoms with E-state index >= 15 is 8.78 Å². The first kappa shape index (κ1) is 38.6. The van der Waals surface area contributed by atoms with Gasteiger partial charge in [0, 0.05) is 73.4 Å². The second-order valence-electron chi connectivity index (χ2n) is 15.3. The smallest absolute Gasteiger partial charge is 0.274 e. The van der Waals surface area contributed by atoms with Gasteiger partial charge in [-0.25, -0.2) is 13.3 Å². The molecule has 4 heterocycles. The number of rotatable bonds is 11. The minimum atomic E-state index is -1.27. The predicted octanol–water partition coefficient (Wildman–Crippen LogP) is 6.42. The molecule has 5 aromatic rings. The fourth-order valence-corrected chi connectivity index (χ4v) is 8.29. The summed E-state index contributed by atoms with van der Waals surface area (Å²) < 4.78 is 34.3. The van der Waals surface area contributed by atoms with Gasteiger partial charge in [-0.2, -0.15) is 15.5 Å². The van der Waals surface area contributed by atoms with Crippen molar-refractivity contribution in [3.63, 3.8) is 0 Å². The van der Waals surface area contributed by atoms with E-state index in [2.05, 4.69) is 33.3 Å². The maximum atomic E-state index is 15.4. The second-order valence-corrected chi connectivity index (χ2v) is 15.3. The maximum absolute atomic E-state index is 15.4. The van der Waals surface area contributed by atoms with Crippen molar-refractivity contribution in [2.75, 3.05) is 43.4 Å². The summed E-state index contributed by atoms with van der Waals surface area (Å²) in [5, 5.41) is 35.8. The molecule has 2 aromatic carbocycles. The lowest BCUT2D eigenvalue weighted by atomic mass is 9.90. The van der Waals surface area contributed by atoms with Crippen LogP contribution in [0.1, 0.15) is 91.5 Å². The normalized spacial score (nSPS) is 18.5. The fourth-order valence-electron chi connectivity index (χ4n) is 8.29. The Morgan fingerprint density at radius 3 is 2.39 bits per heavy atom. The number of nitrogens with one attached hydrogen (secondary N) is 2. The molecule has 0 bridgehead atoms. The molecule has 1 aliphatic carbocycles. The van der Waals surface area contributed by atoms with E-state index in [-0.39, 0.29) is 18.0 Å². The van der Waals surface area contributed by atoms with E-state index in [0.717, 1.165) is 49.7 Å². The first-order valence-corrected chi connectivity index (χ1v) is 19.1. The van der Waals surface area contributed by atoms with Crippen LogP contribution in [-0.2, 0) is 10.4 Å². The SMILES string of the molecule is C=CCC[C@@H](C(=O)NC)c1c(F)cc(N2CCN(C3CCC(n4cc5cc(NC(=O)c6ccc7cc(C#N)cnn67)c(C(C)(C)O)cc5n4)CC3)CC2)cc1F. The van der Waals surface area contributed by atoms with Crippen LogP contribution in [0, 0.1) is 23.0 Å². The predicted molar refractivity (Wildman–Crippen MR) is 211 cm³/mol. The molecule has 1 saturated carbocycles. The topological polar surface area (TPSA) is 144 Å². The summed E-state index contributed by atoms with van der Waals surface area (Å²) in [7, 11) is 1.47. The number of aromatic nitrogens is 4. The van der Waals surface area contributed by atoms with Crippen molar-refractivity contribution >= 4 is 39.6 Å². The van der Waals surface area contributed by atoms with Crippen LogP contribution < -0.4 is 15.5 Å². The lowest BCUT2D eigenvalue weighted by Gasteiger charge is -2.42. The summed E-state index contributed by atoms with van der Waals surface area (Å²) in [6, 6.07) is 14.1. The Morgan fingerprint density at radius 2 is 1.75 bits per heavy atom. The van der Waals surface area contributed by atoms with E-state index in [0.29, 0.717) is 59.3 Å². The second kappa shape index (κ2) is 15.8. The Kier molecular flexibility index (Phi) is 10.9. The number of carbonyl (C=O) groups is 2. The lowest BCUT2D eigenvalue weighted by molar-refractivity contribution is -0.122. The molecule has 14 heteroatoms. The van der Waals surface area contributed by atoms with Gasteiger partial charge in [0.25, 0.3) is 5.91 Å². The van der Waals surface area contributed by atoms with Gasteiger partial charge in [0.1, 0.15) is 23.4 Å². The van der Waals surface area contributed by atoms with Gasteiger partial charge in [0.2, 0.25) is 5.91 Å². The average Bonchev–Trinajstić information content (AvgIpc) is 3.82. The number of aliphatic hydroxyl groups is 1. The van der Waals surface area contributed by atoms with Gasteiger partial charge in [-0.15, -0.1) is 6.58 Å². The van der Waals surface area contributed by atoms with Crippen molar-refractivity contribution in [1.82, 2.24) is 29.6 Å². The van der Waals surface area contributed by atoms with Crippen molar-refractivity contribution in [3.8, 4) is 6.07 Å². The average molecular weight is 764 g/mol. The van der Waals surface area contributed by atoms with Crippen molar-refractivity contribution in [3.05, 3.63) is 102 Å². The molecule has 1 saturated heterocycles. The van der Waals surface area contributed by atoms with Gasteiger partial charge in [-0.3, -0.25) is 19.2 Å². The van der Waals surface area contributed by atoms with Gasteiger partial charge < -0.3 is 20.6 Å². The summed E-state index contributed by atoms with van der Waals surface area (Å²) >= 11 is 0. The van der Waals surface area contributed by atoms with E-state index in [9.17, 15) is 20.0 Å². The van der Waals surface area contributed by atoms with Crippen LogP contribution in [0.15, 0.2) is 67.5 Å². The van der Waals surface area contributed by atoms with Crippen LogP contribution in [0.5, 0.6) is 0 Å². The van der Waals surface area contributed by atoms with Crippen LogP contribution in [0.4, 0.5) is 20.2 Å². The highest BCUT2D eigenvalue weighted by molar-refractivity contribution is 6.05. The molecule has 2 fully saturated rings. The number of hydrogen-bond donors (Lipinski definition) is 3. The molecule has 56 heavy (non-hydrogen) atoms. The molecule has 3 aromatic heterocycles.